The average Bonchev–Trinajstić information content (AvgIpc) is 2.78. The molecule has 7 heteroatoms. The number of hydrogen-bond donors (Lipinski definition) is 1. The number of carbonyl (C=O) groups is 1. The highest BCUT2D eigenvalue weighted by Crippen LogP contribution is 2.27. The van der Waals surface area contributed by atoms with Gasteiger partial charge < -0.3 is 10.2 Å². The summed E-state index contributed by atoms with van der Waals surface area (Å²) in [5.74, 6) is 0.319. The lowest BCUT2D eigenvalue weighted by molar-refractivity contribution is -0.121. The Morgan fingerprint density at radius 2 is 1.87 bits per heavy atom. The molecule has 31 heavy (non-hydrogen) atoms. The molecule has 1 aromatic rings. The van der Waals surface area contributed by atoms with Crippen molar-refractivity contribution in [3.63, 3.8) is 0 Å². The van der Waals surface area contributed by atoms with Gasteiger partial charge in [-0.05, 0) is 63.6 Å². The van der Waals surface area contributed by atoms with Crippen molar-refractivity contribution in [2.75, 3.05) is 33.2 Å². The molecule has 3 rings (SSSR count). The Labute approximate surface area is 188 Å². The Morgan fingerprint density at radius 1 is 1.13 bits per heavy atom. The highest BCUT2D eigenvalue weighted by Gasteiger charge is 2.31. The van der Waals surface area contributed by atoms with Crippen LogP contribution in [0.1, 0.15) is 63.4 Å². The fourth-order valence-electron chi connectivity index (χ4n) is 4.97. The summed E-state index contributed by atoms with van der Waals surface area (Å²) in [6, 6.07) is 7.82. The number of hydrogen-bond acceptors (Lipinski definition) is 4. The monoisotopic (exact) mass is 449 g/mol. The number of rotatable bonds is 9. The van der Waals surface area contributed by atoms with Crippen molar-refractivity contribution in [1.29, 1.82) is 0 Å². The van der Waals surface area contributed by atoms with Crippen LogP contribution in [0, 0.1) is 12.8 Å². The van der Waals surface area contributed by atoms with Gasteiger partial charge in [0.15, 0.2) is 0 Å². The lowest BCUT2D eigenvalue weighted by Crippen LogP contribution is -2.41. The van der Waals surface area contributed by atoms with Crippen LogP contribution in [-0.4, -0.2) is 62.8 Å². The summed E-state index contributed by atoms with van der Waals surface area (Å²) in [7, 11) is -1.31. The second kappa shape index (κ2) is 11.4. The molecule has 1 atom stereocenters. The minimum Gasteiger partial charge on any atom is -0.355 e. The Kier molecular flexibility index (Phi) is 8.93. The van der Waals surface area contributed by atoms with Crippen LogP contribution in [0.3, 0.4) is 0 Å². The molecule has 6 nitrogen and oxygen atoms in total. The van der Waals surface area contributed by atoms with E-state index >= 15 is 0 Å². The first-order valence-electron chi connectivity index (χ1n) is 11.9. The minimum absolute atomic E-state index is 0.0796. The molecule has 1 heterocycles. The molecule has 2 aliphatic rings. The molecule has 1 amide bonds. The lowest BCUT2D eigenvalue weighted by Gasteiger charge is -2.32. The summed E-state index contributed by atoms with van der Waals surface area (Å²) >= 11 is 0. The summed E-state index contributed by atoms with van der Waals surface area (Å²) in [6.07, 6.45) is 9.58. The van der Waals surface area contributed by atoms with Gasteiger partial charge in [0.05, 0.1) is 4.90 Å². The Balaban J connectivity index is 1.41. The number of amides is 1. The summed E-state index contributed by atoms with van der Waals surface area (Å²) in [6.45, 7) is 4.48. The van der Waals surface area contributed by atoms with Crippen molar-refractivity contribution in [3.8, 4) is 0 Å². The van der Waals surface area contributed by atoms with E-state index in [0.29, 0.717) is 37.0 Å². The third-order valence-electron chi connectivity index (χ3n) is 6.96. The number of carbonyl (C=O) groups excluding carboxylic acids is 1. The van der Waals surface area contributed by atoms with E-state index in [2.05, 4.69) is 17.3 Å². The quantitative estimate of drug-likeness (QED) is 0.626. The molecule has 0 radical (unpaired) electrons. The largest absolute Gasteiger partial charge is 0.355 e. The molecular formula is C24H39N3O3S. The molecule has 174 valence electrons. The van der Waals surface area contributed by atoms with E-state index in [-0.39, 0.29) is 11.8 Å². The number of likely N-dealkylation sites (N-methyl/N-ethyl adjacent to an activating group) is 1. The molecule has 1 saturated heterocycles. The predicted molar refractivity (Wildman–Crippen MR) is 124 cm³/mol. The van der Waals surface area contributed by atoms with Crippen LogP contribution in [0.25, 0.3) is 0 Å². The van der Waals surface area contributed by atoms with E-state index in [4.69, 9.17) is 0 Å². The Morgan fingerprint density at radius 3 is 2.61 bits per heavy atom. The maximum absolute atomic E-state index is 13.1. The fraction of sp³-hybridized carbons (Fsp3) is 0.708. The molecular weight excluding hydrogens is 410 g/mol. The van der Waals surface area contributed by atoms with Gasteiger partial charge in [-0.25, -0.2) is 8.42 Å². The van der Waals surface area contributed by atoms with E-state index < -0.39 is 10.0 Å². The summed E-state index contributed by atoms with van der Waals surface area (Å²) in [4.78, 5) is 15.1. The molecule has 0 spiro atoms. The van der Waals surface area contributed by atoms with E-state index in [1.165, 1.54) is 32.1 Å². The van der Waals surface area contributed by atoms with Crippen LogP contribution in [0.2, 0.25) is 0 Å². The molecule has 1 aliphatic heterocycles. The Hall–Kier alpha value is -1.44. The molecule has 0 aromatic heterocycles. The van der Waals surface area contributed by atoms with E-state index in [1.807, 2.05) is 19.1 Å². The van der Waals surface area contributed by atoms with Crippen LogP contribution in [-0.2, 0) is 14.8 Å². The van der Waals surface area contributed by atoms with Crippen LogP contribution in [0.5, 0.6) is 0 Å². The van der Waals surface area contributed by atoms with Crippen LogP contribution in [0.15, 0.2) is 29.2 Å². The first-order chi connectivity index (χ1) is 14.9. The maximum atomic E-state index is 13.1. The van der Waals surface area contributed by atoms with Gasteiger partial charge >= 0.3 is 0 Å². The van der Waals surface area contributed by atoms with Crippen LogP contribution >= 0.6 is 0 Å². The SMILES string of the molecule is Cc1ccccc1S(=O)(=O)N1CCCC(CCC(=O)NCCN(C)C2CCCCC2)C1. The molecule has 1 aliphatic carbocycles. The summed E-state index contributed by atoms with van der Waals surface area (Å²) in [5.41, 5.74) is 0.780. The summed E-state index contributed by atoms with van der Waals surface area (Å²) < 4.78 is 27.8. The second-order valence-corrected chi connectivity index (χ2v) is 11.2. The molecule has 1 aromatic carbocycles. The van der Waals surface area contributed by atoms with Gasteiger partial charge in [-0.15, -0.1) is 0 Å². The standard InChI is InChI=1S/C24H39N3O3S/c1-20-9-6-7-13-23(20)31(29,30)27-17-8-10-21(19-27)14-15-24(28)25-16-18-26(2)22-11-4-3-5-12-22/h6-7,9,13,21-22H,3-5,8,10-12,14-19H2,1-2H3,(H,25,28). The van der Waals surface area contributed by atoms with Gasteiger partial charge in [0, 0.05) is 38.6 Å². The van der Waals surface area contributed by atoms with Crippen molar-refractivity contribution in [2.24, 2.45) is 5.92 Å². The van der Waals surface area contributed by atoms with E-state index in [0.717, 1.165) is 31.4 Å². The van der Waals surface area contributed by atoms with Crippen molar-refractivity contribution in [3.05, 3.63) is 29.8 Å². The first-order valence-corrected chi connectivity index (χ1v) is 13.3. The van der Waals surface area contributed by atoms with Crippen molar-refractivity contribution in [2.45, 2.75) is 75.6 Å². The van der Waals surface area contributed by atoms with Crippen molar-refractivity contribution < 1.29 is 13.2 Å². The third kappa shape index (κ3) is 6.77. The molecule has 1 saturated carbocycles. The number of benzene rings is 1. The fourth-order valence-corrected chi connectivity index (χ4v) is 6.75. The van der Waals surface area contributed by atoms with Gasteiger partial charge in [0.25, 0.3) is 0 Å². The van der Waals surface area contributed by atoms with E-state index in [1.54, 1.807) is 16.4 Å². The van der Waals surface area contributed by atoms with Gasteiger partial charge in [-0.2, -0.15) is 4.31 Å². The second-order valence-electron chi connectivity index (χ2n) is 9.30. The average molecular weight is 450 g/mol. The highest BCUT2D eigenvalue weighted by molar-refractivity contribution is 7.89. The molecule has 1 unspecified atom stereocenters. The third-order valence-corrected chi connectivity index (χ3v) is 8.98. The van der Waals surface area contributed by atoms with Crippen molar-refractivity contribution in [1.82, 2.24) is 14.5 Å². The number of nitrogens with one attached hydrogen (secondary N) is 1. The summed E-state index contributed by atoms with van der Waals surface area (Å²) in [5, 5.41) is 3.05. The topological polar surface area (TPSA) is 69.7 Å². The zero-order valence-corrected chi connectivity index (χ0v) is 20.0. The highest BCUT2D eigenvalue weighted by atomic mass is 32.2. The van der Waals surface area contributed by atoms with Gasteiger partial charge in [0.2, 0.25) is 15.9 Å². The number of piperidine rings is 1. The lowest BCUT2D eigenvalue weighted by atomic mass is 9.94. The molecule has 1 N–H and O–H groups in total. The Bertz CT molecular complexity index is 821. The number of sulfonamides is 1. The zero-order valence-electron chi connectivity index (χ0n) is 19.2. The van der Waals surface area contributed by atoms with Gasteiger partial charge in [-0.1, -0.05) is 37.5 Å². The number of aryl methyl sites for hydroxylation is 1. The first kappa shape index (κ1) is 24.2. The van der Waals surface area contributed by atoms with Gasteiger partial charge in [0.1, 0.15) is 0 Å². The van der Waals surface area contributed by atoms with Crippen LogP contribution in [0.4, 0.5) is 0 Å². The van der Waals surface area contributed by atoms with Gasteiger partial charge in [-0.3, -0.25) is 4.79 Å². The zero-order chi connectivity index (χ0) is 22.3. The number of nitrogens with zero attached hydrogens (tertiary/aromatic N) is 2. The maximum Gasteiger partial charge on any atom is 0.243 e. The molecule has 2 fully saturated rings. The normalized spacial score (nSPS) is 21.3. The van der Waals surface area contributed by atoms with E-state index in [9.17, 15) is 13.2 Å². The van der Waals surface area contributed by atoms with Crippen LogP contribution < -0.4 is 5.32 Å². The molecule has 0 bridgehead atoms. The smallest absolute Gasteiger partial charge is 0.243 e. The minimum atomic E-state index is -3.47. The predicted octanol–water partition coefficient (Wildman–Crippen LogP) is 3.56. The van der Waals surface area contributed by atoms with Crippen molar-refractivity contribution >= 4 is 15.9 Å².